The molecule has 0 aromatic rings. The van der Waals surface area contributed by atoms with E-state index in [1.807, 2.05) is 6.92 Å². The van der Waals surface area contributed by atoms with Crippen molar-refractivity contribution in [1.82, 2.24) is 4.72 Å². The molecule has 1 aliphatic rings. The Morgan fingerprint density at radius 3 is 2.15 bits per heavy atom. The molecule has 1 N–H and O–H groups in total. The first-order valence-corrected chi connectivity index (χ1v) is 7.87. The van der Waals surface area contributed by atoms with E-state index in [1.165, 1.54) is 0 Å². The molecule has 1 aliphatic carbocycles. The molecule has 0 aromatic heterocycles. The molecular formula is C7H13Br2NO2S. The Labute approximate surface area is 96.0 Å². The van der Waals surface area contributed by atoms with Gasteiger partial charge in [0.15, 0.2) is 0 Å². The molecule has 0 radical (unpaired) electrons. The van der Waals surface area contributed by atoms with Crippen LogP contribution < -0.4 is 4.72 Å². The minimum Gasteiger partial charge on any atom is -0.212 e. The second-order valence-electron chi connectivity index (χ2n) is 3.67. The fourth-order valence-electron chi connectivity index (χ4n) is 0.895. The van der Waals surface area contributed by atoms with Crippen molar-refractivity contribution in [3.8, 4) is 0 Å². The van der Waals surface area contributed by atoms with Crippen LogP contribution in [0.25, 0.3) is 0 Å². The van der Waals surface area contributed by atoms with Crippen molar-refractivity contribution in [2.75, 3.05) is 10.7 Å². The first kappa shape index (κ1) is 11.9. The van der Waals surface area contributed by atoms with Crippen LogP contribution in [0.3, 0.4) is 0 Å². The maximum absolute atomic E-state index is 11.6. The summed E-state index contributed by atoms with van der Waals surface area (Å²) in [5.41, 5.74) is -0.415. The topological polar surface area (TPSA) is 46.2 Å². The largest absolute Gasteiger partial charge is 0.215 e. The van der Waals surface area contributed by atoms with Crippen LogP contribution in [0.4, 0.5) is 0 Å². The lowest BCUT2D eigenvalue weighted by Crippen LogP contribution is -2.49. The summed E-state index contributed by atoms with van der Waals surface area (Å²) >= 11 is 6.59. The van der Waals surface area contributed by atoms with Crippen LogP contribution in [0.2, 0.25) is 0 Å². The van der Waals surface area contributed by atoms with Gasteiger partial charge in [0.1, 0.15) is 0 Å². The molecule has 1 rings (SSSR count). The molecule has 0 amide bonds. The van der Waals surface area contributed by atoms with E-state index in [-0.39, 0.29) is 5.25 Å². The van der Waals surface area contributed by atoms with E-state index < -0.39 is 15.6 Å². The van der Waals surface area contributed by atoms with Crippen molar-refractivity contribution in [2.24, 2.45) is 0 Å². The molecule has 13 heavy (non-hydrogen) atoms. The third-order valence-corrected chi connectivity index (χ3v) is 6.54. The van der Waals surface area contributed by atoms with Crippen molar-refractivity contribution in [3.05, 3.63) is 0 Å². The number of sulfonamides is 1. The normalized spacial score (nSPS) is 19.0. The summed E-state index contributed by atoms with van der Waals surface area (Å²) in [4.78, 5) is 0. The highest BCUT2D eigenvalue weighted by Crippen LogP contribution is 2.29. The molecule has 0 aromatic carbocycles. The molecule has 78 valence electrons. The Bertz CT molecular complexity index is 270. The highest BCUT2D eigenvalue weighted by molar-refractivity contribution is 9.09. The number of halogens is 2. The summed E-state index contributed by atoms with van der Waals surface area (Å²) in [7, 11) is -3.08. The van der Waals surface area contributed by atoms with Crippen molar-refractivity contribution >= 4 is 41.9 Å². The Kier molecular flexibility index (Phi) is 3.82. The van der Waals surface area contributed by atoms with Crippen LogP contribution in [0.5, 0.6) is 0 Å². The van der Waals surface area contributed by atoms with E-state index in [9.17, 15) is 8.42 Å². The zero-order valence-corrected chi connectivity index (χ0v) is 11.4. The van der Waals surface area contributed by atoms with E-state index in [0.717, 1.165) is 12.8 Å². The quantitative estimate of drug-likeness (QED) is 0.776. The lowest BCUT2D eigenvalue weighted by molar-refractivity contribution is 0.508. The first-order valence-electron chi connectivity index (χ1n) is 4.08. The standard InChI is InChI=1S/C7H13Br2NO2S/c1-7(4-8,5-9)10-13(11,12)6-2-3-6/h6,10H,2-5H2,1H3. The fourth-order valence-corrected chi connectivity index (χ4v) is 4.23. The minimum atomic E-state index is -3.08. The number of rotatable bonds is 5. The molecule has 1 fully saturated rings. The van der Waals surface area contributed by atoms with Crippen LogP contribution in [0.15, 0.2) is 0 Å². The Hall–Kier alpha value is 0.870. The molecule has 0 unspecified atom stereocenters. The highest BCUT2D eigenvalue weighted by atomic mass is 79.9. The van der Waals surface area contributed by atoms with Gasteiger partial charge in [-0.25, -0.2) is 13.1 Å². The fraction of sp³-hybridized carbons (Fsp3) is 1.00. The molecule has 6 heteroatoms. The van der Waals surface area contributed by atoms with Crippen molar-refractivity contribution in [3.63, 3.8) is 0 Å². The summed E-state index contributed by atoms with van der Waals surface area (Å²) < 4.78 is 25.9. The SMILES string of the molecule is CC(CBr)(CBr)NS(=O)(=O)C1CC1. The Balaban J connectivity index is 2.65. The predicted molar refractivity (Wildman–Crippen MR) is 61.1 cm³/mol. The second kappa shape index (κ2) is 4.16. The summed E-state index contributed by atoms with van der Waals surface area (Å²) in [6.07, 6.45) is 1.60. The monoisotopic (exact) mass is 333 g/mol. The number of alkyl halides is 2. The zero-order valence-electron chi connectivity index (χ0n) is 7.39. The van der Waals surface area contributed by atoms with E-state index in [2.05, 4.69) is 36.6 Å². The predicted octanol–water partition coefficient (Wildman–Crippen LogP) is 1.62. The number of hydrogen-bond donors (Lipinski definition) is 1. The minimum absolute atomic E-state index is 0.148. The summed E-state index contributed by atoms with van der Waals surface area (Å²) in [5, 5.41) is 1.07. The van der Waals surface area contributed by atoms with Gasteiger partial charge in [0, 0.05) is 16.2 Å². The number of hydrogen-bond acceptors (Lipinski definition) is 2. The zero-order chi connectivity index (χ0) is 10.1. The van der Waals surface area contributed by atoms with Crippen LogP contribution in [-0.2, 0) is 10.0 Å². The highest BCUT2D eigenvalue weighted by Gasteiger charge is 2.39. The van der Waals surface area contributed by atoms with E-state index in [0.29, 0.717) is 10.7 Å². The lowest BCUT2D eigenvalue weighted by Gasteiger charge is -2.25. The van der Waals surface area contributed by atoms with Gasteiger partial charge in [0.25, 0.3) is 0 Å². The molecular weight excluding hydrogens is 322 g/mol. The van der Waals surface area contributed by atoms with Gasteiger partial charge >= 0.3 is 0 Å². The van der Waals surface area contributed by atoms with Crippen molar-refractivity contribution in [1.29, 1.82) is 0 Å². The number of nitrogens with one attached hydrogen (secondary N) is 1. The van der Waals surface area contributed by atoms with Crippen LogP contribution in [0, 0.1) is 0 Å². The Morgan fingerprint density at radius 1 is 1.38 bits per heavy atom. The van der Waals surface area contributed by atoms with Crippen LogP contribution in [-0.4, -0.2) is 29.9 Å². The third-order valence-electron chi connectivity index (χ3n) is 1.94. The van der Waals surface area contributed by atoms with E-state index >= 15 is 0 Å². The van der Waals surface area contributed by atoms with Gasteiger partial charge in [-0.15, -0.1) is 0 Å². The summed E-state index contributed by atoms with van der Waals surface area (Å²) in [6.45, 7) is 1.87. The van der Waals surface area contributed by atoms with E-state index in [4.69, 9.17) is 0 Å². The smallest absolute Gasteiger partial charge is 0.212 e. The third kappa shape index (κ3) is 3.18. The molecule has 0 saturated heterocycles. The summed E-state index contributed by atoms with van der Waals surface area (Å²) in [6, 6.07) is 0. The van der Waals surface area contributed by atoms with Gasteiger partial charge in [0.05, 0.1) is 5.25 Å². The molecule has 0 atom stereocenters. The average Bonchev–Trinajstić information content (AvgIpc) is 2.85. The molecule has 1 saturated carbocycles. The molecule has 0 heterocycles. The maximum Gasteiger partial charge on any atom is 0.215 e. The van der Waals surface area contributed by atoms with Crippen LogP contribution in [0.1, 0.15) is 19.8 Å². The van der Waals surface area contributed by atoms with E-state index in [1.54, 1.807) is 0 Å². The van der Waals surface area contributed by atoms with Gasteiger partial charge in [-0.2, -0.15) is 0 Å². The Morgan fingerprint density at radius 2 is 1.85 bits per heavy atom. The van der Waals surface area contributed by atoms with Gasteiger partial charge in [-0.1, -0.05) is 31.9 Å². The summed E-state index contributed by atoms with van der Waals surface area (Å²) in [5.74, 6) is 0. The van der Waals surface area contributed by atoms with Gasteiger partial charge in [-0.05, 0) is 19.8 Å². The molecule has 0 aliphatic heterocycles. The van der Waals surface area contributed by atoms with Crippen molar-refractivity contribution < 1.29 is 8.42 Å². The second-order valence-corrected chi connectivity index (χ2v) is 6.76. The molecule has 0 bridgehead atoms. The van der Waals surface area contributed by atoms with Gasteiger partial charge < -0.3 is 0 Å². The van der Waals surface area contributed by atoms with Gasteiger partial charge in [-0.3, -0.25) is 0 Å². The van der Waals surface area contributed by atoms with Crippen LogP contribution >= 0.6 is 31.9 Å². The first-order chi connectivity index (χ1) is 5.93. The molecule has 0 spiro atoms. The molecule has 3 nitrogen and oxygen atoms in total. The lowest BCUT2D eigenvalue weighted by atomic mass is 10.1. The van der Waals surface area contributed by atoms with Gasteiger partial charge in [0.2, 0.25) is 10.0 Å². The maximum atomic E-state index is 11.6. The average molecular weight is 335 g/mol. The van der Waals surface area contributed by atoms with Crippen molar-refractivity contribution in [2.45, 2.75) is 30.6 Å².